The zero-order chi connectivity index (χ0) is 14.1. The second-order valence-corrected chi connectivity index (χ2v) is 6.15. The fourth-order valence-corrected chi connectivity index (χ4v) is 2.79. The van der Waals surface area contributed by atoms with Gasteiger partial charge in [-0.1, -0.05) is 13.8 Å². The van der Waals surface area contributed by atoms with Crippen LogP contribution >= 0.6 is 11.8 Å². The van der Waals surface area contributed by atoms with Crippen LogP contribution < -0.4 is 5.32 Å². The van der Waals surface area contributed by atoms with Crippen LogP contribution in [0.15, 0.2) is 23.2 Å². The van der Waals surface area contributed by atoms with Crippen LogP contribution in [0.1, 0.15) is 38.4 Å². The molecule has 1 N–H and O–H groups in total. The van der Waals surface area contributed by atoms with Gasteiger partial charge in [-0.2, -0.15) is 0 Å². The molecule has 4 heteroatoms. The van der Waals surface area contributed by atoms with Crippen LogP contribution in [0.25, 0.3) is 0 Å². The molecule has 0 fully saturated rings. The maximum atomic E-state index is 4.60. The summed E-state index contributed by atoms with van der Waals surface area (Å²) in [5.41, 5.74) is 1.16. The Morgan fingerprint density at radius 3 is 2.63 bits per heavy atom. The molecule has 0 spiro atoms. The molecule has 0 bridgehead atoms. The molecule has 0 saturated heterocycles. The molecule has 1 aromatic heterocycles. The zero-order valence-corrected chi connectivity index (χ0v) is 13.5. The lowest BCUT2D eigenvalue weighted by molar-refractivity contribution is 0.437. The first-order chi connectivity index (χ1) is 9.17. The lowest BCUT2D eigenvalue weighted by Gasteiger charge is -2.16. The molecule has 1 rings (SSSR count). The third kappa shape index (κ3) is 6.41. The number of hydrogen-bond donors (Lipinski definition) is 1. The van der Waals surface area contributed by atoms with Crippen molar-refractivity contribution in [2.75, 3.05) is 32.9 Å². The van der Waals surface area contributed by atoms with Crippen molar-refractivity contribution in [3.63, 3.8) is 0 Å². The molecule has 1 unspecified atom stereocenters. The molecule has 1 heterocycles. The largest absolute Gasteiger partial charge is 0.309 e. The molecular weight excluding hydrogens is 254 g/mol. The van der Waals surface area contributed by atoms with Crippen molar-refractivity contribution in [2.45, 2.75) is 37.6 Å². The van der Waals surface area contributed by atoms with Gasteiger partial charge in [-0.3, -0.25) is 4.98 Å². The van der Waals surface area contributed by atoms with E-state index in [0.717, 1.165) is 37.4 Å². The molecule has 0 aromatic carbocycles. The lowest BCUT2D eigenvalue weighted by atomic mass is 10.1. The second-order valence-electron chi connectivity index (χ2n) is 4.99. The van der Waals surface area contributed by atoms with Crippen molar-refractivity contribution < 1.29 is 0 Å². The van der Waals surface area contributed by atoms with Crippen LogP contribution in [0.4, 0.5) is 0 Å². The van der Waals surface area contributed by atoms with E-state index in [1.165, 1.54) is 4.90 Å². The highest BCUT2D eigenvalue weighted by Gasteiger charge is 2.09. The molecule has 3 nitrogen and oxygen atoms in total. The van der Waals surface area contributed by atoms with Gasteiger partial charge in [0.1, 0.15) is 0 Å². The first-order valence-corrected chi connectivity index (χ1v) is 8.12. The van der Waals surface area contributed by atoms with Gasteiger partial charge in [0.25, 0.3) is 0 Å². The Morgan fingerprint density at radius 2 is 2.11 bits per heavy atom. The van der Waals surface area contributed by atoms with Crippen LogP contribution in [-0.2, 0) is 0 Å². The first kappa shape index (κ1) is 16.5. The number of hydrogen-bond acceptors (Lipinski definition) is 4. The summed E-state index contributed by atoms with van der Waals surface area (Å²) in [7, 11) is 4.21. The standard InChI is InChI=1S/C15H27N3S/c1-5-9-16-14(6-2)15-8-7-13(12-17-15)19-11-10-18(3)4/h7-8,12,14,16H,5-6,9-11H2,1-4H3. The predicted octanol–water partition coefficient (Wildman–Crippen LogP) is 3.19. The molecule has 19 heavy (non-hydrogen) atoms. The van der Waals surface area contributed by atoms with Gasteiger partial charge < -0.3 is 10.2 Å². The molecule has 0 amide bonds. The van der Waals surface area contributed by atoms with E-state index in [9.17, 15) is 0 Å². The topological polar surface area (TPSA) is 28.2 Å². The van der Waals surface area contributed by atoms with Gasteiger partial charge in [-0.15, -0.1) is 11.8 Å². The Kier molecular flexibility index (Phi) is 8.10. The van der Waals surface area contributed by atoms with E-state index in [1.807, 2.05) is 18.0 Å². The minimum absolute atomic E-state index is 0.390. The maximum Gasteiger partial charge on any atom is 0.0573 e. The third-order valence-corrected chi connectivity index (χ3v) is 3.93. The molecule has 1 aromatic rings. The molecule has 0 aliphatic carbocycles. The molecule has 0 aliphatic heterocycles. The summed E-state index contributed by atoms with van der Waals surface area (Å²) in [5, 5.41) is 3.54. The highest BCUT2D eigenvalue weighted by molar-refractivity contribution is 7.99. The average Bonchev–Trinajstić information content (AvgIpc) is 2.41. The Labute approximate surface area is 122 Å². The fourth-order valence-electron chi connectivity index (χ4n) is 1.81. The van der Waals surface area contributed by atoms with Crippen molar-refractivity contribution in [1.82, 2.24) is 15.2 Å². The molecule has 1 atom stereocenters. The number of nitrogens with one attached hydrogen (secondary N) is 1. The second kappa shape index (κ2) is 9.34. The normalized spacial score (nSPS) is 12.9. The van der Waals surface area contributed by atoms with Gasteiger partial charge in [-0.05, 0) is 45.6 Å². The number of pyridine rings is 1. The van der Waals surface area contributed by atoms with E-state index in [0.29, 0.717) is 6.04 Å². The van der Waals surface area contributed by atoms with E-state index in [1.54, 1.807) is 0 Å². The van der Waals surface area contributed by atoms with Gasteiger partial charge in [0, 0.05) is 29.4 Å². The summed E-state index contributed by atoms with van der Waals surface area (Å²) in [5.74, 6) is 1.11. The third-order valence-electron chi connectivity index (χ3n) is 2.97. The minimum Gasteiger partial charge on any atom is -0.309 e. The summed E-state index contributed by atoms with van der Waals surface area (Å²) < 4.78 is 0. The van der Waals surface area contributed by atoms with Crippen molar-refractivity contribution >= 4 is 11.8 Å². The fraction of sp³-hybridized carbons (Fsp3) is 0.667. The van der Waals surface area contributed by atoms with Crippen LogP contribution in [0.2, 0.25) is 0 Å². The van der Waals surface area contributed by atoms with Gasteiger partial charge in [0.15, 0.2) is 0 Å². The summed E-state index contributed by atoms with van der Waals surface area (Å²) in [6.07, 6.45) is 4.25. The van der Waals surface area contributed by atoms with Crippen molar-refractivity contribution in [3.8, 4) is 0 Å². The predicted molar refractivity (Wildman–Crippen MR) is 84.8 cm³/mol. The number of aromatic nitrogens is 1. The SMILES string of the molecule is CCCNC(CC)c1ccc(SCCN(C)C)cn1. The summed E-state index contributed by atoms with van der Waals surface area (Å²) >= 11 is 1.87. The minimum atomic E-state index is 0.390. The molecule has 0 radical (unpaired) electrons. The summed E-state index contributed by atoms with van der Waals surface area (Å²) in [4.78, 5) is 8.07. The van der Waals surface area contributed by atoms with Crippen LogP contribution in [0.5, 0.6) is 0 Å². The van der Waals surface area contributed by atoms with Crippen LogP contribution in [-0.4, -0.2) is 42.8 Å². The average molecular weight is 281 g/mol. The number of rotatable bonds is 9. The zero-order valence-electron chi connectivity index (χ0n) is 12.6. The Balaban J connectivity index is 2.49. The van der Waals surface area contributed by atoms with Crippen molar-refractivity contribution in [2.24, 2.45) is 0 Å². The number of thioether (sulfide) groups is 1. The van der Waals surface area contributed by atoms with Crippen LogP contribution in [0.3, 0.4) is 0 Å². The molecule has 0 aliphatic rings. The van der Waals surface area contributed by atoms with Crippen LogP contribution in [0, 0.1) is 0 Å². The van der Waals surface area contributed by atoms with E-state index < -0.39 is 0 Å². The Bertz CT molecular complexity index is 338. The molecule has 0 saturated carbocycles. The van der Waals surface area contributed by atoms with Crippen molar-refractivity contribution in [3.05, 3.63) is 24.0 Å². The van der Waals surface area contributed by atoms with Gasteiger partial charge in [0.2, 0.25) is 0 Å². The van der Waals surface area contributed by atoms with E-state index in [-0.39, 0.29) is 0 Å². The highest BCUT2D eigenvalue weighted by Crippen LogP contribution is 2.20. The van der Waals surface area contributed by atoms with E-state index in [2.05, 4.69) is 55.3 Å². The van der Waals surface area contributed by atoms with Gasteiger partial charge in [-0.25, -0.2) is 0 Å². The lowest BCUT2D eigenvalue weighted by Crippen LogP contribution is -2.22. The van der Waals surface area contributed by atoms with Gasteiger partial charge >= 0.3 is 0 Å². The Hall–Kier alpha value is -0.580. The maximum absolute atomic E-state index is 4.60. The summed E-state index contributed by atoms with van der Waals surface area (Å²) in [6, 6.07) is 4.74. The smallest absolute Gasteiger partial charge is 0.0573 e. The monoisotopic (exact) mass is 281 g/mol. The van der Waals surface area contributed by atoms with E-state index >= 15 is 0 Å². The molecule has 108 valence electrons. The Morgan fingerprint density at radius 1 is 1.32 bits per heavy atom. The first-order valence-electron chi connectivity index (χ1n) is 7.14. The highest BCUT2D eigenvalue weighted by atomic mass is 32.2. The van der Waals surface area contributed by atoms with Gasteiger partial charge in [0.05, 0.1) is 5.69 Å². The molecular formula is C15H27N3S. The quantitative estimate of drug-likeness (QED) is 0.704. The summed E-state index contributed by atoms with van der Waals surface area (Å²) in [6.45, 7) is 6.55. The number of nitrogens with zero attached hydrogens (tertiary/aromatic N) is 2. The van der Waals surface area contributed by atoms with Crippen molar-refractivity contribution in [1.29, 1.82) is 0 Å². The van der Waals surface area contributed by atoms with E-state index in [4.69, 9.17) is 0 Å².